The molecule has 1 saturated heterocycles. The second-order valence-electron chi connectivity index (χ2n) is 3.22. The van der Waals surface area contributed by atoms with Gasteiger partial charge in [0, 0.05) is 20.0 Å². The highest BCUT2D eigenvalue weighted by Gasteiger charge is 2.17. The molecule has 1 aromatic heterocycles. The van der Waals surface area contributed by atoms with Gasteiger partial charge in [0.15, 0.2) is 5.89 Å². The van der Waals surface area contributed by atoms with Crippen LogP contribution in [0.25, 0.3) is 0 Å². The van der Waals surface area contributed by atoms with Crippen LogP contribution in [0.4, 0.5) is 5.88 Å². The first-order valence-corrected chi connectivity index (χ1v) is 4.54. The van der Waals surface area contributed by atoms with Crippen LogP contribution in [0.3, 0.4) is 0 Å². The van der Waals surface area contributed by atoms with E-state index in [4.69, 9.17) is 9.15 Å². The van der Waals surface area contributed by atoms with E-state index in [0.29, 0.717) is 0 Å². The van der Waals surface area contributed by atoms with Crippen LogP contribution in [0, 0.1) is 13.8 Å². The Hall–Kier alpha value is -1.03. The molecular weight excluding hydrogens is 168 g/mol. The van der Waals surface area contributed by atoms with Crippen LogP contribution in [-0.2, 0) is 4.74 Å². The summed E-state index contributed by atoms with van der Waals surface area (Å²) >= 11 is 0. The molecule has 1 aliphatic rings. The average Bonchev–Trinajstić information content (AvgIpc) is 2.47. The maximum Gasteiger partial charge on any atom is 0.219 e. The summed E-state index contributed by atoms with van der Waals surface area (Å²) in [7, 11) is 0. The number of aromatic nitrogens is 1. The van der Waals surface area contributed by atoms with Crippen LogP contribution >= 0.6 is 0 Å². The topological polar surface area (TPSA) is 38.5 Å². The van der Waals surface area contributed by atoms with Crippen LogP contribution in [0.15, 0.2) is 4.42 Å². The zero-order valence-electron chi connectivity index (χ0n) is 8.04. The molecule has 4 heteroatoms. The van der Waals surface area contributed by atoms with Gasteiger partial charge in [-0.1, -0.05) is 0 Å². The fourth-order valence-corrected chi connectivity index (χ4v) is 1.58. The Balaban J connectivity index is 2.18. The molecule has 1 fully saturated rings. The SMILES string of the molecule is Cc1nc(C)c(N2CCOCC2)o1. The minimum atomic E-state index is 0.735. The standard InChI is InChI=1S/C9H14N2O2/c1-7-9(13-8(2)10-7)11-3-5-12-6-4-11/h3-6H2,1-2H3. The van der Waals surface area contributed by atoms with Crippen LogP contribution in [0.5, 0.6) is 0 Å². The van der Waals surface area contributed by atoms with E-state index < -0.39 is 0 Å². The molecule has 2 heterocycles. The molecule has 1 aromatic rings. The van der Waals surface area contributed by atoms with Crippen molar-refractivity contribution in [2.24, 2.45) is 0 Å². The van der Waals surface area contributed by atoms with Crippen molar-refractivity contribution in [1.29, 1.82) is 0 Å². The van der Waals surface area contributed by atoms with E-state index >= 15 is 0 Å². The molecule has 0 radical (unpaired) electrons. The second-order valence-corrected chi connectivity index (χ2v) is 3.22. The largest absolute Gasteiger partial charge is 0.425 e. The van der Waals surface area contributed by atoms with Crippen molar-refractivity contribution in [2.75, 3.05) is 31.2 Å². The first-order chi connectivity index (χ1) is 6.27. The normalized spacial score (nSPS) is 17.8. The Morgan fingerprint density at radius 2 is 1.92 bits per heavy atom. The quantitative estimate of drug-likeness (QED) is 0.652. The number of aryl methyl sites for hydroxylation is 2. The molecule has 0 aliphatic carbocycles. The number of oxazole rings is 1. The van der Waals surface area contributed by atoms with Crippen molar-refractivity contribution < 1.29 is 9.15 Å². The van der Waals surface area contributed by atoms with E-state index in [-0.39, 0.29) is 0 Å². The maximum atomic E-state index is 5.51. The van der Waals surface area contributed by atoms with Crippen molar-refractivity contribution in [3.05, 3.63) is 11.6 Å². The van der Waals surface area contributed by atoms with Gasteiger partial charge in [0.2, 0.25) is 5.88 Å². The summed E-state index contributed by atoms with van der Waals surface area (Å²) in [5.41, 5.74) is 0.972. The molecule has 72 valence electrons. The number of hydrogen-bond donors (Lipinski definition) is 0. The van der Waals surface area contributed by atoms with Crippen LogP contribution < -0.4 is 4.90 Å². The fraction of sp³-hybridized carbons (Fsp3) is 0.667. The van der Waals surface area contributed by atoms with Gasteiger partial charge in [-0.15, -0.1) is 0 Å². The second kappa shape index (κ2) is 3.38. The smallest absolute Gasteiger partial charge is 0.219 e. The highest BCUT2D eigenvalue weighted by molar-refractivity contribution is 5.40. The lowest BCUT2D eigenvalue weighted by Crippen LogP contribution is -2.36. The minimum absolute atomic E-state index is 0.735. The van der Waals surface area contributed by atoms with Gasteiger partial charge < -0.3 is 14.1 Å². The predicted molar refractivity (Wildman–Crippen MR) is 49.0 cm³/mol. The van der Waals surface area contributed by atoms with E-state index in [1.54, 1.807) is 0 Å². The summed E-state index contributed by atoms with van der Waals surface area (Å²) in [6.45, 7) is 7.20. The van der Waals surface area contributed by atoms with E-state index in [0.717, 1.165) is 43.8 Å². The Morgan fingerprint density at radius 3 is 2.46 bits per heavy atom. The number of rotatable bonds is 1. The summed E-state index contributed by atoms with van der Waals surface area (Å²) in [6, 6.07) is 0. The Morgan fingerprint density at radius 1 is 1.23 bits per heavy atom. The summed E-state index contributed by atoms with van der Waals surface area (Å²) in [5, 5.41) is 0. The van der Waals surface area contributed by atoms with Crippen molar-refractivity contribution >= 4 is 5.88 Å². The van der Waals surface area contributed by atoms with E-state index in [2.05, 4.69) is 9.88 Å². The Bertz CT molecular complexity index is 290. The molecule has 0 saturated carbocycles. The molecule has 0 spiro atoms. The lowest BCUT2D eigenvalue weighted by atomic mass is 10.4. The zero-order chi connectivity index (χ0) is 9.26. The summed E-state index contributed by atoms with van der Waals surface area (Å²) in [5.74, 6) is 1.64. The summed E-state index contributed by atoms with van der Waals surface area (Å²) in [6.07, 6.45) is 0. The Kier molecular flexibility index (Phi) is 2.22. The lowest BCUT2D eigenvalue weighted by Gasteiger charge is -2.26. The monoisotopic (exact) mass is 182 g/mol. The molecule has 0 amide bonds. The predicted octanol–water partition coefficient (Wildman–Crippen LogP) is 1.13. The zero-order valence-corrected chi connectivity index (χ0v) is 8.04. The Labute approximate surface area is 77.5 Å². The molecule has 2 rings (SSSR count). The molecule has 0 N–H and O–H groups in total. The van der Waals surface area contributed by atoms with Gasteiger partial charge in [0.25, 0.3) is 0 Å². The van der Waals surface area contributed by atoms with Gasteiger partial charge >= 0.3 is 0 Å². The van der Waals surface area contributed by atoms with Crippen molar-refractivity contribution in [2.45, 2.75) is 13.8 Å². The molecule has 0 unspecified atom stereocenters. The highest BCUT2D eigenvalue weighted by Crippen LogP contribution is 2.21. The van der Waals surface area contributed by atoms with E-state index in [1.165, 1.54) is 0 Å². The molecule has 0 aromatic carbocycles. The van der Waals surface area contributed by atoms with Crippen LogP contribution in [-0.4, -0.2) is 31.3 Å². The summed E-state index contributed by atoms with van der Waals surface area (Å²) in [4.78, 5) is 6.42. The third kappa shape index (κ3) is 1.67. The van der Waals surface area contributed by atoms with Crippen molar-refractivity contribution in [3.8, 4) is 0 Å². The molecule has 0 bridgehead atoms. The van der Waals surface area contributed by atoms with E-state index in [1.807, 2.05) is 13.8 Å². The molecule has 13 heavy (non-hydrogen) atoms. The van der Waals surface area contributed by atoms with Gasteiger partial charge in [-0.3, -0.25) is 0 Å². The first-order valence-electron chi connectivity index (χ1n) is 4.54. The number of morpholine rings is 1. The third-order valence-corrected chi connectivity index (χ3v) is 2.18. The maximum absolute atomic E-state index is 5.51. The number of anilines is 1. The van der Waals surface area contributed by atoms with Gasteiger partial charge in [0.05, 0.1) is 13.2 Å². The molecular formula is C9H14N2O2. The van der Waals surface area contributed by atoms with Gasteiger partial charge in [-0.2, -0.15) is 0 Å². The van der Waals surface area contributed by atoms with Gasteiger partial charge in [-0.05, 0) is 6.92 Å². The van der Waals surface area contributed by atoms with Gasteiger partial charge in [0.1, 0.15) is 5.69 Å². The van der Waals surface area contributed by atoms with Gasteiger partial charge in [-0.25, -0.2) is 4.98 Å². The molecule has 0 atom stereocenters. The van der Waals surface area contributed by atoms with E-state index in [9.17, 15) is 0 Å². The summed E-state index contributed by atoms with van der Waals surface area (Å²) < 4.78 is 10.8. The van der Waals surface area contributed by atoms with Crippen molar-refractivity contribution in [1.82, 2.24) is 4.98 Å². The fourth-order valence-electron chi connectivity index (χ4n) is 1.58. The highest BCUT2D eigenvalue weighted by atomic mass is 16.5. The van der Waals surface area contributed by atoms with Crippen LogP contribution in [0.2, 0.25) is 0 Å². The third-order valence-electron chi connectivity index (χ3n) is 2.18. The average molecular weight is 182 g/mol. The lowest BCUT2D eigenvalue weighted by molar-refractivity contribution is 0.120. The van der Waals surface area contributed by atoms with Crippen molar-refractivity contribution in [3.63, 3.8) is 0 Å². The number of hydrogen-bond acceptors (Lipinski definition) is 4. The number of nitrogens with zero attached hydrogens (tertiary/aromatic N) is 2. The minimum Gasteiger partial charge on any atom is -0.425 e. The molecule has 1 aliphatic heterocycles. The van der Waals surface area contributed by atoms with Crippen LogP contribution in [0.1, 0.15) is 11.6 Å². The first kappa shape index (κ1) is 8.56. The number of ether oxygens (including phenoxy) is 1. The molecule has 4 nitrogen and oxygen atoms in total.